The third kappa shape index (κ3) is 5.39. The van der Waals surface area contributed by atoms with Gasteiger partial charge in [-0.25, -0.2) is 4.98 Å². The fourth-order valence-electron chi connectivity index (χ4n) is 4.86. The van der Waals surface area contributed by atoms with Gasteiger partial charge in [-0.3, -0.25) is 4.79 Å². The van der Waals surface area contributed by atoms with Crippen LogP contribution in [0.3, 0.4) is 0 Å². The Bertz CT molecular complexity index is 1550. The fourth-order valence-corrected chi connectivity index (χ4v) is 5.18. The molecule has 2 aromatic carbocycles. The van der Waals surface area contributed by atoms with E-state index in [0.717, 1.165) is 16.7 Å². The maximum Gasteiger partial charge on any atom is 0.253 e. The van der Waals surface area contributed by atoms with Crippen LogP contribution in [0.2, 0.25) is 10.0 Å². The van der Waals surface area contributed by atoms with Crippen molar-refractivity contribution in [3.8, 4) is 17.0 Å². The molecule has 5 atom stereocenters. The van der Waals surface area contributed by atoms with E-state index in [0.29, 0.717) is 33.4 Å². The number of carbonyl (C=O) groups excluding carboxylic acids is 1. The van der Waals surface area contributed by atoms with Gasteiger partial charge in [0.1, 0.15) is 24.4 Å². The number of rotatable bonds is 7. The number of ether oxygens (including phenoxy) is 2. The number of hydrogen-bond acceptors (Lipinski definition) is 8. The van der Waals surface area contributed by atoms with Crippen molar-refractivity contribution in [2.24, 2.45) is 0 Å². The molecule has 2 aromatic heterocycles. The van der Waals surface area contributed by atoms with Gasteiger partial charge in [-0.15, -0.1) is 0 Å². The average molecular weight is 588 g/mol. The molecule has 0 aliphatic carbocycles. The predicted molar refractivity (Wildman–Crippen MR) is 149 cm³/mol. The SMILES string of the molecule is COc1ncccc1-c1ccc2c(C(=O)N[C@H]3C(O)OC(CO)[C@@H](O)C3O)cn(Cc3ccc(Cl)c(Cl)c3)c2c1. The van der Waals surface area contributed by atoms with Crippen LogP contribution in [-0.4, -0.2) is 80.2 Å². The summed E-state index contributed by atoms with van der Waals surface area (Å²) in [5.41, 5.74) is 3.38. The first-order valence-corrected chi connectivity index (χ1v) is 13.1. The number of hydrogen-bond donors (Lipinski definition) is 5. The number of halogens is 2. The molecule has 40 heavy (non-hydrogen) atoms. The molecule has 5 N–H and O–H groups in total. The quantitative estimate of drug-likeness (QED) is 0.222. The second-order valence-electron chi connectivity index (χ2n) is 9.44. The van der Waals surface area contributed by atoms with Crippen LogP contribution in [0.15, 0.2) is 60.9 Å². The number of benzene rings is 2. The Morgan fingerprint density at radius 1 is 1.10 bits per heavy atom. The van der Waals surface area contributed by atoms with E-state index >= 15 is 0 Å². The van der Waals surface area contributed by atoms with Gasteiger partial charge in [-0.05, 0) is 41.5 Å². The van der Waals surface area contributed by atoms with Gasteiger partial charge in [-0.2, -0.15) is 0 Å². The van der Waals surface area contributed by atoms with Crippen LogP contribution in [-0.2, 0) is 11.3 Å². The maximum absolute atomic E-state index is 13.5. The number of pyridine rings is 1. The third-order valence-corrected chi connectivity index (χ3v) is 7.68. The van der Waals surface area contributed by atoms with Crippen LogP contribution in [0.5, 0.6) is 5.88 Å². The van der Waals surface area contributed by atoms with E-state index in [9.17, 15) is 25.2 Å². The van der Waals surface area contributed by atoms with Crippen molar-refractivity contribution in [2.45, 2.75) is 37.2 Å². The summed E-state index contributed by atoms with van der Waals surface area (Å²) in [6.45, 7) is -0.259. The fraction of sp³-hybridized carbons (Fsp3) is 0.286. The molecule has 1 aliphatic rings. The molecule has 0 radical (unpaired) electrons. The Morgan fingerprint density at radius 2 is 1.90 bits per heavy atom. The van der Waals surface area contributed by atoms with Crippen LogP contribution in [0.4, 0.5) is 0 Å². The molecule has 5 rings (SSSR count). The summed E-state index contributed by atoms with van der Waals surface area (Å²) in [7, 11) is 1.54. The predicted octanol–water partition coefficient (Wildman–Crippen LogP) is 2.60. The van der Waals surface area contributed by atoms with E-state index in [-0.39, 0.29) is 5.56 Å². The maximum atomic E-state index is 13.5. The molecule has 4 aromatic rings. The number of fused-ring (bicyclic) bond motifs is 1. The van der Waals surface area contributed by atoms with E-state index in [4.69, 9.17) is 32.7 Å². The van der Waals surface area contributed by atoms with Gasteiger partial charge >= 0.3 is 0 Å². The largest absolute Gasteiger partial charge is 0.481 e. The monoisotopic (exact) mass is 587 g/mol. The van der Waals surface area contributed by atoms with Crippen molar-refractivity contribution in [3.63, 3.8) is 0 Å². The first kappa shape index (κ1) is 28.3. The Kier molecular flexibility index (Phi) is 8.29. The van der Waals surface area contributed by atoms with Gasteiger partial charge < -0.3 is 39.8 Å². The van der Waals surface area contributed by atoms with Crippen LogP contribution >= 0.6 is 23.2 Å². The molecule has 0 saturated carbocycles. The minimum atomic E-state index is -1.64. The van der Waals surface area contributed by atoms with Crippen LogP contribution in [0, 0.1) is 0 Å². The number of aromatic nitrogens is 2. The normalized spacial score (nSPS) is 22.8. The molecule has 210 valence electrons. The molecule has 0 spiro atoms. The molecular formula is C28H27Cl2N3O7. The lowest BCUT2D eigenvalue weighted by Gasteiger charge is -2.40. The van der Waals surface area contributed by atoms with Crippen LogP contribution in [0.25, 0.3) is 22.0 Å². The number of nitrogens with one attached hydrogen (secondary N) is 1. The Balaban J connectivity index is 1.55. The summed E-state index contributed by atoms with van der Waals surface area (Å²) in [6.07, 6.45) is -2.62. The lowest BCUT2D eigenvalue weighted by Crippen LogP contribution is -2.64. The highest BCUT2D eigenvalue weighted by atomic mass is 35.5. The van der Waals surface area contributed by atoms with Gasteiger partial charge in [0.2, 0.25) is 5.88 Å². The lowest BCUT2D eigenvalue weighted by atomic mass is 9.96. The molecule has 1 aliphatic heterocycles. The molecule has 10 nitrogen and oxygen atoms in total. The second-order valence-corrected chi connectivity index (χ2v) is 10.3. The summed E-state index contributed by atoms with van der Waals surface area (Å²) in [4.78, 5) is 17.8. The van der Waals surface area contributed by atoms with Crippen molar-refractivity contribution >= 4 is 40.0 Å². The number of carbonyl (C=O) groups is 1. The molecule has 12 heteroatoms. The number of amides is 1. The Hall–Kier alpha value is -3.22. The highest BCUT2D eigenvalue weighted by Gasteiger charge is 2.44. The smallest absolute Gasteiger partial charge is 0.253 e. The first-order chi connectivity index (χ1) is 19.2. The first-order valence-electron chi connectivity index (χ1n) is 12.4. The van der Waals surface area contributed by atoms with E-state index in [2.05, 4.69) is 10.3 Å². The van der Waals surface area contributed by atoms with Gasteiger partial charge in [0, 0.05) is 35.4 Å². The zero-order valence-electron chi connectivity index (χ0n) is 21.2. The zero-order valence-corrected chi connectivity index (χ0v) is 22.8. The van der Waals surface area contributed by atoms with Gasteiger partial charge in [0.25, 0.3) is 5.91 Å². The van der Waals surface area contributed by atoms with E-state index in [1.54, 1.807) is 36.7 Å². The topological polar surface area (TPSA) is 146 Å². The van der Waals surface area contributed by atoms with Crippen molar-refractivity contribution in [3.05, 3.63) is 82.1 Å². The highest BCUT2D eigenvalue weighted by molar-refractivity contribution is 6.42. The minimum Gasteiger partial charge on any atom is -0.481 e. The highest BCUT2D eigenvalue weighted by Crippen LogP contribution is 2.33. The number of aliphatic hydroxyl groups excluding tert-OH is 4. The molecule has 1 saturated heterocycles. The molecule has 3 unspecified atom stereocenters. The van der Waals surface area contributed by atoms with Gasteiger partial charge in [0.05, 0.1) is 29.3 Å². The molecule has 1 amide bonds. The van der Waals surface area contributed by atoms with Crippen LogP contribution < -0.4 is 10.1 Å². The molecule has 1 fully saturated rings. The number of aliphatic hydroxyl groups is 4. The Morgan fingerprint density at radius 3 is 2.62 bits per heavy atom. The van der Waals surface area contributed by atoms with Crippen molar-refractivity contribution in [2.75, 3.05) is 13.7 Å². The summed E-state index contributed by atoms with van der Waals surface area (Å²) in [6, 6.07) is 13.2. The number of nitrogens with zero attached hydrogens (tertiary/aromatic N) is 2. The van der Waals surface area contributed by atoms with Gasteiger partial charge in [-0.1, -0.05) is 41.4 Å². The summed E-state index contributed by atoms with van der Waals surface area (Å²) in [5, 5.41) is 44.4. The third-order valence-electron chi connectivity index (χ3n) is 6.94. The van der Waals surface area contributed by atoms with E-state index in [1.165, 1.54) is 7.11 Å². The average Bonchev–Trinajstić information content (AvgIpc) is 3.32. The summed E-state index contributed by atoms with van der Waals surface area (Å²) in [5.74, 6) is -0.159. The summed E-state index contributed by atoms with van der Waals surface area (Å²) < 4.78 is 12.5. The minimum absolute atomic E-state index is 0.262. The van der Waals surface area contributed by atoms with Crippen LogP contribution in [0.1, 0.15) is 15.9 Å². The van der Waals surface area contributed by atoms with E-state index < -0.39 is 43.2 Å². The number of methoxy groups -OCH3 is 1. The molecule has 0 bridgehead atoms. The van der Waals surface area contributed by atoms with E-state index in [1.807, 2.05) is 28.8 Å². The van der Waals surface area contributed by atoms with Gasteiger partial charge in [0.15, 0.2) is 6.29 Å². The van der Waals surface area contributed by atoms with Crippen molar-refractivity contribution in [1.29, 1.82) is 0 Å². The van der Waals surface area contributed by atoms with Crippen molar-refractivity contribution in [1.82, 2.24) is 14.9 Å². The molecular weight excluding hydrogens is 561 g/mol. The second kappa shape index (κ2) is 11.7. The molecule has 3 heterocycles. The lowest BCUT2D eigenvalue weighted by molar-refractivity contribution is -0.252. The zero-order chi connectivity index (χ0) is 28.6. The Labute approximate surface area is 239 Å². The standard InChI is InChI=1S/C28H27Cl2N3O7/c1-39-27-16(3-2-8-31-27)15-5-6-17-18(26(37)32-23-25(36)24(35)22(13-34)40-28(23)38)12-33(21(17)10-15)11-14-4-7-19(29)20(30)9-14/h2-10,12,22-25,28,34-36,38H,11,13H2,1H3,(H,32,37)/t22?,23-,24-,25?,28?/m1/s1. The van der Waals surface area contributed by atoms with Crippen molar-refractivity contribution < 1.29 is 34.7 Å². The summed E-state index contributed by atoms with van der Waals surface area (Å²) >= 11 is 12.3.